The maximum Gasteiger partial charge on any atom is 0.0295 e. The van der Waals surface area contributed by atoms with Gasteiger partial charge in [-0.3, -0.25) is 11.3 Å². The monoisotopic (exact) mass is 262 g/mol. The summed E-state index contributed by atoms with van der Waals surface area (Å²) in [4.78, 5) is 0. The molecule has 4 bridgehead atoms. The molecule has 5 rings (SSSR count). The highest BCUT2D eigenvalue weighted by molar-refractivity contribution is 5.07. The Morgan fingerprint density at radius 2 is 1.37 bits per heavy atom. The third-order valence-electron chi connectivity index (χ3n) is 7.05. The maximum atomic E-state index is 6.08. The van der Waals surface area contributed by atoms with E-state index in [1.54, 1.807) is 19.3 Å². The molecule has 1 atom stereocenters. The van der Waals surface area contributed by atoms with Gasteiger partial charge in [-0.15, -0.1) is 0 Å². The third-order valence-corrected chi connectivity index (χ3v) is 7.05. The highest BCUT2D eigenvalue weighted by atomic mass is 15.2. The summed E-state index contributed by atoms with van der Waals surface area (Å²) in [5.74, 6) is 10.1. The molecule has 0 saturated heterocycles. The lowest BCUT2D eigenvalue weighted by Gasteiger charge is -2.60. The summed E-state index contributed by atoms with van der Waals surface area (Å²) in [5.41, 5.74) is 3.92. The largest absolute Gasteiger partial charge is 0.271 e. The first-order valence-electron chi connectivity index (χ1n) is 8.75. The molecular weight excluding hydrogens is 232 g/mol. The molecule has 0 spiro atoms. The maximum absolute atomic E-state index is 6.08. The van der Waals surface area contributed by atoms with Gasteiger partial charge in [-0.2, -0.15) is 0 Å². The molecule has 2 heteroatoms. The van der Waals surface area contributed by atoms with Gasteiger partial charge in [0.05, 0.1) is 0 Å². The molecule has 0 heterocycles. The van der Waals surface area contributed by atoms with Crippen molar-refractivity contribution in [2.24, 2.45) is 34.9 Å². The first-order valence-corrected chi connectivity index (χ1v) is 8.75. The molecule has 0 aliphatic heterocycles. The second kappa shape index (κ2) is 4.73. The molecular formula is C17H30N2. The molecule has 5 fully saturated rings. The van der Waals surface area contributed by atoms with Crippen LogP contribution in [0.2, 0.25) is 0 Å². The zero-order valence-corrected chi connectivity index (χ0v) is 12.2. The Kier molecular flexibility index (Phi) is 3.15. The average Bonchev–Trinajstić information content (AvgIpc) is 2.38. The fourth-order valence-corrected chi connectivity index (χ4v) is 6.84. The second-order valence-electron chi connectivity index (χ2n) is 8.32. The predicted molar refractivity (Wildman–Crippen MR) is 78.3 cm³/mol. The molecule has 5 aliphatic rings. The van der Waals surface area contributed by atoms with Crippen LogP contribution in [0.15, 0.2) is 0 Å². The lowest BCUT2D eigenvalue weighted by Crippen LogP contribution is -2.60. The Hall–Kier alpha value is -0.0800. The molecule has 5 saturated carbocycles. The first kappa shape index (κ1) is 12.6. The van der Waals surface area contributed by atoms with Crippen LogP contribution in [-0.2, 0) is 0 Å². The van der Waals surface area contributed by atoms with Gasteiger partial charge >= 0.3 is 0 Å². The van der Waals surface area contributed by atoms with Crippen molar-refractivity contribution < 1.29 is 0 Å². The molecule has 0 amide bonds. The van der Waals surface area contributed by atoms with E-state index in [2.05, 4.69) is 5.43 Å². The minimum atomic E-state index is 0.589. The Labute approximate surface area is 117 Å². The lowest BCUT2D eigenvalue weighted by molar-refractivity contribution is -0.0879. The normalized spacial score (nSPS) is 47.5. The van der Waals surface area contributed by atoms with Gasteiger partial charge in [0.1, 0.15) is 0 Å². The summed E-state index contributed by atoms with van der Waals surface area (Å²) in [5, 5.41) is 0. The van der Waals surface area contributed by atoms with Crippen LogP contribution in [0.1, 0.15) is 70.6 Å². The van der Waals surface area contributed by atoms with Gasteiger partial charge in [-0.05, 0) is 80.5 Å². The van der Waals surface area contributed by atoms with E-state index in [-0.39, 0.29) is 0 Å². The second-order valence-corrected chi connectivity index (χ2v) is 8.32. The highest BCUT2D eigenvalue weighted by Gasteiger charge is 2.55. The Bertz CT molecular complexity index is 297. The van der Waals surface area contributed by atoms with Crippen LogP contribution in [0.4, 0.5) is 0 Å². The van der Waals surface area contributed by atoms with E-state index < -0.39 is 0 Å². The molecule has 2 nitrogen and oxygen atoms in total. The molecule has 0 aromatic carbocycles. The van der Waals surface area contributed by atoms with Crippen LogP contribution in [0.5, 0.6) is 0 Å². The van der Waals surface area contributed by atoms with E-state index in [4.69, 9.17) is 5.84 Å². The van der Waals surface area contributed by atoms with E-state index in [1.807, 2.05) is 0 Å². The number of hydrogen-bond donors (Lipinski definition) is 2. The average molecular weight is 262 g/mol. The van der Waals surface area contributed by atoms with Crippen LogP contribution >= 0.6 is 0 Å². The van der Waals surface area contributed by atoms with Gasteiger partial charge in [-0.25, -0.2) is 0 Å². The van der Waals surface area contributed by atoms with E-state index in [0.29, 0.717) is 11.5 Å². The molecule has 3 N–H and O–H groups in total. The van der Waals surface area contributed by atoms with Crippen LogP contribution < -0.4 is 11.3 Å². The minimum Gasteiger partial charge on any atom is -0.271 e. The van der Waals surface area contributed by atoms with Crippen molar-refractivity contribution >= 4 is 0 Å². The van der Waals surface area contributed by atoms with Crippen molar-refractivity contribution in [2.45, 2.75) is 76.7 Å². The smallest absolute Gasteiger partial charge is 0.0295 e. The van der Waals surface area contributed by atoms with E-state index in [0.717, 1.165) is 23.7 Å². The van der Waals surface area contributed by atoms with Crippen molar-refractivity contribution in [1.29, 1.82) is 0 Å². The topological polar surface area (TPSA) is 38.0 Å². The van der Waals surface area contributed by atoms with Crippen LogP contribution in [0.3, 0.4) is 0 Å². The fraction of sp³-hybridized carbons (Fsp3) is 1.00. The molecule has 0 aromatic heterocycles. The standard InChI is InChI=1S/C17H30N2/c18-19-16(15-4-2-1-3-5-15)17-9-12-6-13(10-17)8-14(7-12)11-17/h12-16,19H,1-11,18H2. The van der Waals surface area contributed by atoms with Crippen LogP contribution in [-0.4, -0.2) is 6.04 Å². The van der Waals surface area contributed by atoms with Gasteiger partial charge in [0, 0.05) is 6.04 Å². The molecule has 5 aliphatic carbocycles. The summed E-state index contributed by atoms with van der Waals surface area (Å²) in [6, 6.07) is 0.626. The van der Waals surface area contributed by atoms with Crippen molar-refractivity contribution in [1.82, 2.24) is 5.43 Å². The summed E-state index contributed by atoms with van der Waals surface area (Å²) in [7, 11) is 0. The fourth-order valence-electron chi connectivity index (χ4n) is 6.84. The Morgan fingerprint density at radius 3 is 1.84 bits per heavy atom. The summed E-state index contributed by atoms with van der Waals surface area (Å²) in [6.45, 7) is 0. The summed E-state index contributed by atoms with van der Waals surface area (Å²) >= 11 is 0. The number of nitrogens with two attached hydrogens (primary N) is 1. The van der Waals surface area contributed by atoms with Crippen molar-refractivity contribution in [2.75, 3.05) is 0 Å². The quantitative estimate of drug-likeness (QED) is 0.602. The molecule has 0 radical (unpaired) electrons. The summed E-state index contributed by atoms with van der Waals surface area (Å²) in [6.07, 6.45) is 16.3. The van der Waals surface area contributed by atoms with E-state index >= 15 is 0 Å². The molecule has 108 valence electrons. The lowest BCUT2D eigenvalue weighted by atomic mass is 9.46. The number of rotatable bonds is 3. The van der Waals surface area contributed by atoms with Crippen molar-refractivity contribution in [3.8, 4) is 0 Å². The molecule has 1 unspecified atom stereocenters. The Balaban J connectivity index is 1.58. The van der Waals surface area contributed by atoms with E-state index in [1.165, 1.54) is 51.4 Å². The zero-order chi connectivity index (χ0) is 12.9. The Morgan fingerprint density at radius 1 is 0.842 bits per heavy atom. The highest BCUT2D eigenvalue weighted by Crippen LogP contribution is 2.62. The van der Waals surface area contributed by atoms with Gasteiger partial charge in [-0.1, -0.05) is 19.3 Å². The predicted octanol–water partition coefficient (Wildman–Crippen LogP) is 3.62. The van der Waals surface area contributed by atoms with Crippen molar-refractivity contribution in [3.63, 3.8) is 0 Å². The zero-order valence-electron chi connectivity index (χ0n) is 12.2. The van der Waals surface area contributed by atoms with E-state index in [9.17, 15) is 0 Å². The van der Waals surface area contributed by atoms with Gasteiger partial charge < -0.3 is 0 Å². The van der Waals surface area contributed by atoms with Crippen LogP contribution in [0.25, 0.3) is 0 Å². The number of hydrazine groups is 1. The molecule has 19 heavy (non-hydrogen) atoms. The van der Waals surface area contributed by atoms with Crippen LogP contribution in [0, 0.1) is 29.1 Å². The van der Waals surface area contributed by atoms with Gasteiger partial charge in [0.2, 0.25) is 0 Å². The van der Waals surface area contributed by atoms with Gasteiger partial charge in [0.25, 0.3) is 0 Å². The summed E-state index contributed by atoms with van der Waals surface area (Å²) < 4.78 is 0. The molecule has 0 aromatic rings. The van der Waals surface area contributed by atoms with Crippen molar-refractivity contribution in [3.05, 3.63) is 0 Å². The minimum absolute atomic E-state index is 0.589. The SMILES string of the molecule is NNC(C1CCCCC1)C12CC3CC(CC(C3)C1)C2. The number of nitrogens with one attached hydrogen (secondary N) is 1. The number of hydrogen-bond acceptors (Lipinski definition) is 2. The van der Waals surface area contributed by atoms with Gasteiger partial charge in [0.15, 0.2) is 0 Å². The third kappa shape index (κ3) is 2.06. The first-order chi connectivity index (χ1) is 9.29.